The molecule has 0 unspecified atom stereocenters. The van der Waals surface area contributed by atoms with Crippen LogP contribution in [0.4, 0.5) is 14.5 Å². The fourth-order valence-electron chi connectivity index (χ4n) is 4.23. The zero-order chi connectivity index (χ0) is 21.3. The van der Waals surface area contributed by atoms with Crippen LogP contribution >= 0.6 is 23.2 Å². The molecule has 0 aromatic heterocycles. The minimum absolute atomic E-state index is 0.0453. The molecule has 0 radical (unpaired) electrons. The SMILES string of the molecule is C[C@H]1[C@H](c2ccccc2)N(c2ccc(Cl)cc2Cl)CCN1Cc1ccc(F)c(F)c1. The second-order valence-corrected chi connectivity index (χ2v) is 8.45. The van der Waals surface area contributed by atoms with E-state index in [2.05, 4.69) is 28.9 Å². The first kappa shape index (κ1) is 21.1. The maximum Gasteiger partial charge on any atom is 0.159 e. The highest BCUT2D eigenvalue weighted by atomic mass is 35.5. The van der Waals surface area contributed by atoms with Gasteiger partial charge in [0.15, 0.2) is 11.6 Å². The molecule has 0 aliphatic carbocycles. The van der Waals surface area contributed by atoms with Crippen LogP contribution < -0.4 is 4.90 Å². The van der Waals surface area contributed by atoms with Gasteiger partial charge in [-0.15, -0.1) is 0 Å². The Kier molecular flexibility index (Phi) is 6.28. The van der Waals surface area contributed by atoms with Crippen LogP contribution in [0.15, 0.2) is 66.7 Å². The molecule has 2 atom stereocenters. The van der Waals surface area contributed by atoms with Crippen molar-refractivity contribution in [3.8, 4) is 0 Å². The summed E-state index contributed by atoms with van der Waals surface area (Å²) in [7, 11) is 0. The molecule has 6 heteroatoms. The average Bonchev–Trinajstić information content (AvgIpc) is 2.73. The minimum Gasteiger partial charge on any atom is -0.360 e. The highest BCUT2D eigenvalue weighted by molar-refractivity contribution is 6.36. The number of halogens is 4. The van der Waals surface area contributed by atoms with Gasteiger partial charge in [-0.2, -0.15) is 0 Å². The lowest BCUT2D eigenvalue weighted by atomic mass is 9.93. The summed E-state index contributed by atoms with van der Waals surface area (Å²) in [5, 5.41) is 1.22. The van der Waals surface area contributed by atoms with Gasteiger partial charge in [0.1, 0.15) is 0 Å². The molecule has 1 heterocycles. The molecule has 4 rings (SSSR count). The van der Waals surface area contributed by atoms with Gasteiger partial charge in [-0.3, -0.25) is 4.90 Å². The van der Waals surface area contributed by atoms with E-state index in [0.717, 1.165) is 24.3 Å². The number of benzene rings is 3. The van der Waals surface area contributed by atoms with Crippen molar-refractivity contribution in [2.75, 3.05) is 18.0 Å². The summed E-state index contributed by atoms with van der Waals surface area (Å²) in [6.45, 7) is 4.22. The van der Waals surface area contributed by atoms with Crippen LogP contribution in [0.1, 0.15) is 24.1 Å². The molecular formula is C24H22Cl2F2N2. The number of anilines is 1. The normalized spacial score (nSPS) is 19.8. The van der Waals surface area contributed by atoms with Crippen LogP contribution in [-0.4, -0.2) is 24.0 Å². The summed E-state index contributed by atoms with van der Waals surface area (Å²) >= 11 is 12.7. The molecule has 0 spiro atoms. The van der Waals surface area contributed by atoms with Gasteiger partial charge >= 0.3 is 0 Å². The monoisotopic (exact) mass is 446 g/mol. The standard InChI is InChI=1S/C24H22Cl2F2N2/c1-16-24(18-5-3-2-4-6-18)30(23-10-8-19(25)14-20(23)26)12-11-29(16)15-17-7-9-21(27)22(28)13-17/h2-10,13-14,16,24H,11-12,15H2,1H3/t16-,24+/m0/s1. The van der Waals surface area contributed by atoms with E-state index in [1.165, 1.54) is 17.7 Å². The fourth-order valence-corrected chi connectivity index (χ4v) is 4.74. The van der Waals surface area contributed by atoms with E-state index in [0.29, 0.717) is 16.6 Å². The first-order valence-electron chi connectivity index (χ1n) is 9.88. The molecule has 3 aromatic rings. The van der Waals surface area contributed by atoms with Crippen molar-refractivity contribution in [3.63, 3.8) is 0 Å². The van der Waals surface area contributed by atoms with Crippen LogP contribution in [0.5, 0.6) is 0 Å². The van der Waals surface area contributed by atoms with Gasteiger partial charge in [-0.1, -0.05) is 59.6 Å². The summed E-state index contributed by atoms with van der Waals surface area (Å²) in [5.74, 6) is -1.64. The first-order chi connectivity index (χ1) is 14.4. The fraction of sp³-hybridized carbons (Fsp3) is 0.250. The van der Waals surface area contributed by atoms with E-state index in [9.17, 15) is 8.78 Å². The number of nitrogens with zero attached hydrogens (tertiary/aromatic N) is 2. The summed E-state index contributed by atoms with van der Waals surface area (Å²) in [4.78, 5) is 4.60. The van der Waals surface area contributed by atoms with E-state index >= 15 is 0 Å². The van der Waals surface area contributed by atoms with E-state index in [1.54, 1.807) is 12.1 Å². The molecule has 3 aromatic carbocycles. The topological polar surface area (TPSA) is 6.48 Å². The highest BCUT2D eigenvalue weighted by Gasteiger charge is 2.35. The van der Waals surface area contributed by atoms with Crippen molar-refractivity contribution in [3.05, 3.63) is 99.5 Å². The molecule has 1 fully saturated rings. The third kappa shape index (κ3) is 4.31. The maximum absolute atomic E-state index is 13.7. The number of rotatable bonds is 4. The van der Waals surface area contributed by atoms with Crippen molar-refractivity contribution in [2.24, 2.45) is 0 Å². The lowest BCUT2D eigenvalue weighted by Crippen LogP contribution is -2.53. The molecule has 0 saturated carbocycles. The smallest absolute Gasteiger partial charge is 0.159 e. The predicted molar refractivity (Wildman–Crippen MR) is 119 cm³/mol. The summed E-state index contributed by atoms with van der Waals surface area (Å²) < 4.78 is 27.0. The summed E-state index contributed by atoms with van der Waals surface area (Å²) in [5.41, 5.74) is 2.87. The van der Waals surface area contributed by atoms with E-state index in [1.807, 2.05) is 30.3 Å². The minimum atomic E-state index is -0.823. The zero-order valence-electron chi connectivity index (χ0n) is 16.5. The highest BCUT2D eigenvalue weighted by Crippen LogP contribution is 2.39. The molecule has 1 aliphatic heterocycles. The van der Waals surface area contributed by atoms with E-state index < -0.39 is 11.6 Å². The Balaban J connectivity index is 1.67. The molecule has 0 amide bonds. The Hall–Kier alpha value is -2.14. The lowest BCUT2D eigenvalue weighted by Gasteiger charge is -2.48. The largest absolute Gasteiger partial charge is 0.360 e. The van der Waals surface area contributed by atoms with Crippen molar-refractivity contribution in [1.82, 2.24) is 4.90 Å². The molecule has 156 valence electrons. The van der Waals surface area contributed by atoms with Gasteiger partial charge in [0.25, 0.3) is 0 Å². The summed E-state index contributed by atoms with van der Waals surface area (Å²) in [6, 6.07) is 20.1. The Morgan fingerprint density at radius 3 is 2.37 bits per heavy atom. The summed E-state index contributed by atoms with van der Waals surface area (Å²) in [6.07, 6.45) is 0. The first-order valence-corrected chi connectivity index (χ1v) is 10.6. The third-order valence-electron chi connectivity index (χ3n) is 5.73. The van der Waals surface area contributed by atoms with Crippen LogP contribution in [0.2, 0.25) is 10.0 Å². The molecular weight excluding hydrogens is 425 g/mol. The van der Waals surface area contributed by atoms with Crippen molar-refractivity contribution < 1.29 is 8.78 Å². The molecule has 2 nitrogen and oxygen atoms in total. The lowest BCUT2D eigenvalue weighted by molar-refractivity contribution is 0.144. The van der Waals surface area contributed by atoms with Crippen molar-refractivity contribution in [2.45, 2.75) is 25.6 Å². The average molecular weight is 447 g/mol. The molecule has 1 saturated heterocycles. The Morgan fingerprint density at radius 2 is 1.67 bits per heavy atom. The molecule has 0 bridgehead atoms. The van der Waals surface area contributed by atoms with Gasteiger partial charge in [0.05, 0.1) is 16.8 Å². The van der Waals surface area contributed by atoms with Crippen LogP contribution in [0.25, 0.3) is 0 Å². The van der Waals surface area contributed by atoms with Gasteiger partial charge < -0.3 is 4.90 Å². The second-order valence-electron chi connectivity index (χ2n) is 7.60. The van der Waals surface area contributed by atoms with Gasteiger partial charge in [0, 0.05) is 30.7 Å². The maximum atomic E-state index is 13.7. The Morgan fingerprint density at radius 1 is 0.900 bits per heavy atom. The number of hydrogen-bond donors (Lipinski definition) is 0. The Bertz CT molecular complexity index is 1030. The molecule has 0 N–H and O–H groups in total. The molecule has 30 heavy (non-hydrogen) atoms. The second kappa shape index (κ2) is 8.93. The predicted octanol–water partition coefficient (Wildman–Crippen LogP) is 6.72. The zero-order valence-corrected chi connectivity index (χ0v) is 18.0. The van der Waals surface area contributed by atoms with Crippen LogP contribution in [0.3, 0.4) is 0 Å². The van der Waals surface area contributed by atoms with Gasteiger partial charge in [-0.25, -0.2) is 8.78 Å². The van der Waals surface area contributed by atoms with E-state index in [4.69, 9.17) is 23.2 Å². The van der Waals surface area contributed by atoms with Gasteiger partial charge in [-0.05, 0) is 48.4 Å². The van der Waals surface area contributed by atoms with E-state index in [-0.39, 0.29) is 12.1 Å². The molecule has 1 aliphatic rings. The van der Waals surface area contributed by atoms with Crippen LogP contribution in [0, 0.1) is 11.6 Å². The third-order valence-corrected chi connectivity index (χ3v) is 6.26. The number of piperazine rings is 1. The quantitative estimate of drug-likeness (QED) is 0.438. The van der Waals surface area contributed by atoms with Crippen molar-refractivity contribution in [1.29, 1.82) is 0 Å². The van der Waals surface area contributed by atoms with Gasteiger partial charge in [0.2, 0.25) is 0 Å². The van der Waals surface area contributed by atoms with Crippen molar-refractivity contribution >= 4 is 28.9 Å². The number of hydrogen-bond acceptors (Lipinski definition) is 2. The Labute approximate surface area is 185 Å². The van der Waals surface area contributed by atoms with Crippen LogP contribution in [-0.2, 0) is 6.54 Å².